The number of carbonyl (C=O) groups is 1. The number of H-pyrrole nitrogens is 1. The standard InChI is InChI=1S/C30H19F3N2O2/c1-16-20(8-5-10-24(16)30(31,32)33)21-9-4-7-18-12-19-13-23(29(36)37)22(15-26(19)35-28(18)21)27-14-17-6-2-3-11-25(17)34-27/h2-15,34H,1H3,(H,36,37). The van der Waals surface area contributed by atoms with Crippen LogP contribution >= 0.6 is 0 Å². The van der Waals surface area contributed by atoms with E-state index < -0.39 is 17.7 Å². The van der Waals surface area contributed by atoms with Gasteiger partial charge in [-0.05, 0) is 54.4 Å². The number of para-hydroxylation sites is 2. The Morgan fingerprint density at radius 2 is 1.54 bits per heavy atom. The minimum absolute atomic E-state index is 0.129. The fourth-order valence-electron chi connectivity index (χ4n) is 4.98. The molecule has 37 heavy (non-hydrogen) atoms. The molecule has 0 amide bonds. The molecule has 0 aliphatic heterocycles. The molecule has 4 nitrogen and oxygen atoms in total. The van der Waals surface area contributed by atoms with Gasteiger partial charge in [0.25, 0.3) is 0 Å². The number of aromatic amines is 1. The van der Waals surface area contributed by atoms with Gasteiger partial charge in [-0.15, -0.1) is 0 Å². The molecule has 0 saturated carbocycles. The number of carboxylic acid groups (broad SMARTS) is 1. The van der Waals surface area contributed by atoms with Gasteiger partial charge < -0.3 is 10.1 Å². The molecule has 0 aliphatic carbocycles. The zero-order valence-corrected chi connectivity index (χ0v) is 19.5. The van der Waals surface area contributed by atoms with E-state index in [1.807, 2.05) is 42.5 Å². The molecule has 6 aromatic rings. The molecule has 0 saturated heterocycles. The van der Waals surface area contributed by atoms with Crippen LogP contribution in [0.3, 0.4) is 0 Å². The topological polar surface area (TPSA) is 66.0 Å². The summed E-state index contributed by atoms with van der Waals surface area (Å²) >= 11 is 0. The van der Waals surface area contributed by atoms with E-state index in [0.29, 0.717) is 44.2 Å². The number of hydrogen-bond donors (Lipinski definition) is 2. The highest BCUT2D eigenvalue weighted by Gasteiger charge is 2.33. The molecule has 0 radical (unpaired) electrons. The van der Waals surface area contributed by atoms with Crippen molar-refractivity contribution in [3.8, 4) is 22.4 Å². The van der Waals surface area contributed by atoms with Crippen LogP contribution in [0, 0.1) is 6.92 Å². The smallest absolute Gasteiger partial charge is 0.416 e. The molecule has 0 unspecified atom stereocenters. The highest BCUT2D eigenvalue weighted by Crippen LogP contribution is 2.39. The number of nitrogens with zero attached hydrogens (tertiary/aromatic N) is 1. The van der Waals surface area contributed by atoms with Crippen LogP contribution < -0.4 is 0 Å². The third kappa shape index (κ3) is 3.80. The minimum Gasteiger partial charge on any atom is -0.478 e. The first-order chi connectivity index (χ1) is 17.7. The summed E-state index contributed by atoms with van der Waals surface area (Å²) < 4.78 is 40.8. The maximum absolute atomic E-state index is 13.6. The molecule has 2 N–H and O–H groups in total. The first kappa shape index (κ1) is 22.8. The molecular weight excluding hydrogens is 477 g/mol. The van der Waals surface area contributed by atoms with Crippen LogP contribution in [0.4, 0.5) is 13.2 Å². The summed E-state index contributed by atoms with van der Waals surface area (Å²) in [5.41, 5.74) is 3.70. The van der Waals surface area contributed by atoms with Gasteiger partial charge in [0.05, 0.1) is 22.2 Å². The van der Waals surface area contributed by atoms with Crippen LogP contribution in [0.25, 0.3) is 55.1 Å². The van der Waals surface area contributed by atoms with Crippen molar-refractivity contribution < 1.29 is 23.1 Å². The lowest BCUT2D eigenvalue weighted by Gasteiger charge is -2.16. The van der Waals surface area contributed by atoms with Gasteiger partial charge >= 0.3 is 12.1 Å². The van der Waals surface area contributed by atoms with Crippen LogP contribution in [0.2, 0.25) is 0 Å². The van der Waals surface area contributed by atoms with Crippen molar-refractivity contribution in [1.29, 1.82) is 0 Å². The molecule has 0 atom stereocenters. The summed E-state index contributed by atoms with van der Waals surface area (Å²) in [6, 6.07) is 24.2. The third-order valence-corrected chi connectivity index (χ3v) is 6.76. The van der Waals surface area contributed by atoms with E-state index in [9.17, 15) is 23.1 Å². The van der Waals surface area contributed by atoms with E-state index in [4.69, 9.17) is 4.98 Å². The number of fused-ring (bicyclic) bond motifs is 3. The molecule has 4 aromatic carbocycles. The van der Waals surface area contributed by atoms with E-state index >= 15 is 0 Å². The lowest BCUT2D eigenvalue weighted by atomic mass is 9.93. The van der Waals surface area contributed by atoms with Crippen molar-refractivity contribution in [3.05, 3.63) is 102 Å². The fourth-order valence-corrected chi connectivity index (χ4v) is 4.98. The van der Waals surface area contributed by atoms with Crippen LogP contribution in [0.5, 0.6) is 0 Å². The Balaban J connectivity index is 1.61. The molecular formula is C30H19F3N2O2. The summed E-state index contributed by atoms with van der Waals surface area (Å²) in [7, 11) is 0. The second-order valence-corrected chi connectivity index (χ2v) is 9.01. The molecule has 0 bridgehead atoms. The second kappa shape index (κ2) is 8.20. The Labute approximate surface area is 209 Å². The summed E-state index contributed by atoms with van der Waals surface area (Å²) in [4.78, 5) is 20.3. The zero-order chi connectivity index (χ0) is 25.9. The molecule has 182 valence electrons. The number of aromatic carboxylic acids is 1. The Morgan fingerprint density at radius 3 is 2.30 bits per heavy atom. The predicted octanol–water partition coefficient (Wildman–Crippen LogP) is 8.23. The summed E-state index contributed by atoms with van der Waals surface area (Å²) in [6.45, 7) is 1.46. The van der Waals surface area contributed by atoms with Crippen molar-refractivity contribution >= 4 is 38.7 Å². The molecule has 0 aliphatic rings. The van der Waals surface area contributed by atoms with Crippen molar-refractivity contribution in [3.63, 3.8) is 0 Å². The minimum atomic E-state index is -4.47. The van der Waals surface area contributed by atoms with E-state index in [0.717, 1.165) is 17.0 Å². The lowest BCUT2D eigenvalue weighted by molar-refractivity contribution is -0.138. The van der Waals surface area contributed by atoms with Gasteiger partial charge in [-0.1, -0.05) is 48.5 Å². The highest BCUT2D eigenvalue weighted by atomic mass is 19.4. The number of rotatable bonds is 3. The second-order valence-electron chi connectivity index (χ2n) is 9.01. The van der Waals surface area contributed by atoms with Crippen molar-refractivity contribution in [2.24, 2.45) is 0 Å². The van der Waals surface area contributed by atoms with Gasteiger partial charge in [0.1, 0.15) is 0 Å². The van der Waals surface area contributed by atoms with Crippen LogP contribution in [-0.4, -0.2) is 21.0 Å². The van der Waals surface area contributed by atoms with Crippen molar-refractivity contribution in [2.75, 3.05) is 0 Å². The predicted molar refractivity (Wildman–Crippen MR) is 139 cm³/mol. The third-order valence-electron chi connectivity index (χ3n) is 6.76. The van der Waals surface area contributed by atoms with Gasteiger partial charge in [0.2, 0.25) is 0 Å². The molecule has 2 aromatic heterocycles. The average Bonchev–Trinajstić information content (AvgIpc) is 3.30. The van der Waals surface area contributed by atoms with Crippen molar-refractivity contribution in [2.45, 2.75) is 13.1 Å². The SMILES string of the molecule is Cc1c(-c2cccc3cc4cc(C(=O)O)c(-c5cc6ccccc6[nH]5)cc4nc23)cccc1C(F)(F)F. The number of pyridine rings is 1. The van der Waals surface area contributed by atoms with Crippen LogP contribution in [-0.2, 0) is 6.18 Å². The summed E-state index contributed by atoms with van der Waals surface area (Å²) in [5.74, 6) is -1.07. The van der Waals surface area contributed by atoms with Gasteiger partial charge in [-0.2, -0.15) is 13.2 Å². The number of aromatic nitrogens is 2. The van der Waals surface area contributed by atoms with Gasteiger partial charge in [0, 0.05) is 38.5 Å². The number of halogens is 3. The van der Waals surface area contributed by atoms with Crippen molar-refractivity contribution in [1.82, 2.24) is 9.97 Å². The van der Waals surface area contributed by atoms with Crippen LogP contribution in [0.15, 0.2) is 84.9 Å². The van der Waals surface area contributed by atoms with E-state index in [1.54, 1.807) is 30.3 Å². The number of nitrogens with one attached hydrogen (secondary N) is 1. The first-order valence-electron chi connectivity index (χ1n) is 11.6. The normalized spacial score (nSPS) is 12.0. The van der Waals surface area contributed by atoms with E-state index in [1.165, 1.54) is 13.0 Å². The molecule has 7 heteroatoms. The number of benzene rings is 4. The average molecular weight is 496 g/mol. The largest absolute Gasteiger partial charge is 0.478 e. The van der Waals surface area contributed by atoms with E-state index in [2.05, 4.69) is 4.98 Å². The molecule has 0 spiro atoms. The maximum atomic E-state index is 13.6. The first-order valence-corrected chi connectivity index (χ1v) is 11.6. The van der Waals surface area contributed by atoms with Crippen LogP contribution in [0.1, 0.15) is 21.5 Å². The Morgan fingerprint density at radius 1 is 0.811 bits per heavy atom. The number of carboxylic acids is 1. The quantitative estimate of drug-likeness (QED) is 0.243. The fraction of sp³-hybridized carbons (Fsp3) is 0.0667. The number of hydrogen-bond acceptors (Lipinski definition) is 2. The van der Waals surface area contributed by atoms with Gasteiger partial charge in [-0.25, -0.2) is 9.78 Å². The van der Waals surface area contributed by atoms with Gasteiger partial charge in [-0.3, -0.25) is 0 Å². The number of alkyl halides is 3. The summed E-state index contributed by atoms with van der Waals surface area (Å²) in [6.07, 6.45) is -4.47. The Hall–Kier alpha value is -4.65. The highest BCUT2D eigenvalue weighted by molar-refractivity contribution is 6.06. The Kier molecular flexibility index (Phi) is 5.05. The Bertz CT molecular complexity index is 1840. The zero-order valence-electron chi connectivity index (χ0n) is 19.5. The summed E-state index contributed by atoms with van der Waals surface area (Å²) in [5, 5.41) is 12.2. The maximum Gasteiger partial charge on any atom is 0.416 e. The van der Waals surface area contributed by atoms with Gasteiger partial charge in [0.15, 0.2) is 0 Å². The monoisotopic (exact) mass is 496 g/mol. The lowest BCUT2D eigenvalue weighted by Crippen LogP contribution is -2.08. The molecule has 2 heterocycles. The van der Waals surface area contributed by atoms with E-state index in [-0.39, 0.29) is 11.1 Å². The molecule has 6 rings (SSSR count). The molecule has 0 fully saturated rings.